The van der Waals surface area contributed by atoms with Crippen molar-refractivity contribution in [1.82, 2.24) is 9.80 Å². The molecule has 1 spiro atoms. The number of carbonyl (C=O) groups excluding carboxylic acids is 3. The van der Waals surface area contributed by atoms with Crippen molar-refractivity contribution in [2.75, 3.05) is 26.3 Å². The molecule has 5 atom stereocenters. The average Bonchev–Trinajstić information content (AvgIpc) is 3.44. The van der Waals surface area contributed by atoms with Gasteiger partial charge in [-0.2, -0.15) is 0 Å². The van der Waals surface area contributed by atoms with Crippen LogP contribution in [0.4, 0.5) is 0 Å². The zero-order valence-corrected chi connectivity index (χ0v) is 19.4. The molecule has 3 heterocycles. The van der Waals surface area contributed by atoms with Crippen molar-refractivity contribution < 1.29 is 24.2 Å². The van der Waals surface area contributed by atoms with E-state index in [1.807, 2.05) is 4.90 Å². The van der Waals surface area contributed by atoms with Crippen LogP contribution in [0.15, 0.2) is 25.3 Å². The molecule has 0 aromatic carbocycles. The second-order valence-electron chi connectivity index (χ2n) is 9.30. The Morgan fingerprint density at radius 3 is 2.62 bits per heavy atom. The van der Waals surface area contributed by atoms with E-state index < -0.39 is 22.6 Å². The Morgan fingerprint density at radius 1 is 1.22 bits per heavy atom. The van der Waals surface area contributed by atoms with E-state index in [1.54, 1.807) is 22.7 Å². The molecule has 1 aliphatic carbocycles. The minimum atomic E-state index is -0.666. The van der Waals surface area contributed by atoms with Gasteiger partial charge in [0.15, 0.2) is 0 Å². The van der Waals surface area contributed by atoms with E-state index in [4.69, 9.17) is 4.74 Å². The number of likely N-dealkylation sites (tertiary alicyclic amines) is 1. The number of esters is 1. The van der Waals surface area contributed by atoms with Crippen molar-refractivity contribution in [1.29, 1.82) is 0 Å². The lowest BCUT2D eigenvalue weighted by atomic mass is 9.71. The summed E-state index contributed by atoms with van der Waals surface area (Å²) >= 11 is 1.63. The Kier molecular flexibility index (Phi) is 7.00. The van der Waals surface area contributed by atoms with Gasteiger partial charge in [0.2, 0.25) is 11.8 Å². The maximum Gasteiger partial charge on any atom is 0.311 e. The van der Waals surface area contributed by atoms with E-state index >= 15 is 0 Å². The molecular weight excluding hydrogens is 428 g/mol. The fourth-order valence-electron chi connectivity index (χ4n) is 6.39. The maximum atomic E-state index is 14.1. The molecule has 1 N–H and O–H groups in total. The molecular formula is C24H34N2O5S. The van der Waals surface area contributed by atoms with Crippen LogP contribution in [0, 0.1) is 11.8 Å². The molecule has 3 saturated heterocycles. The normalized spacial score (nSPS) is 33.8. The number of aliphatic hydroxyl groups is 1. The Bertz CT molecular complexity index is 782. The van der Waals surface area contributed by atoms with Gasteiger partial charge in [0.1, 0.15) is 12.6 Å². The summed E-state index contributed by atoms with van der Waals surface area (Å²) in [6, 6.07) is -0.519. The molecule has 2 amide bonds. The van der Waals surface area contributed by atoms with Crippen LogP contribution >= 0.6 is 11.8 Å². The summed E-state index contributed by atoms with van der Waals surface area (Å²) < 4.78 is 4.72. The van der Waals surface area contributed by atoms with E-state index in [-0.39, 0.29) is 48.8 Å². The van der Waals surface area contributed by atoms with Gasteiger partial charge in [-0.25, -0.2) is 0 Å². The second-order valence-corrected chi connectivity index (χ2v) is 10.9. The number of ether oxygens (including phenoxy) is 1. The molecule has 0 radical (unpaired) electrons. The second kappa shape index (κ2) is 9.59. The lowest BCUT2D eigenvalue weighted by Crippen LogP contribution is -2.57. The number of fused-ring (bicyclic) bond motifs is 1. The number of carbonyl (C=O) groups is 3. The highest BCUT2D eigenvalue weighted by molar-refractivity contribution is 8.02. The van der Waals surface area contributed by atoms with Crippen LogP contribution in [0.1, 0.15) is 44.9 Å². The predicted molar refractivity (Wildman–Crippen MR) is 123 cm³/mol. The topological polar surface area (TPSA) is 87.1 Å². The summed E-state index contributed by atoms with van der Waals surface area (Å²) in [5, 5.41) is 9.69. The van der Waals surface area contributed by atoms with Crippen molar-refractivity contribution in [2.45, 2.75) is 67.0 Å². The lowest BCUT2D eigenvalue weighted by molar-refractivity contribution is -0.153. The van der Waals surface area contributed by atoms with Gasteiger partial charge in [-0.05, 0) is 25.7 Å². The fraction of sp³-hybridized carbons (Fsp3) is 0.708. The smallest absolute Gasteiger partial charge is 0.311 e. The van der Waals surface area contributed by atoms with Crippen LogP contribution in [0.2, 0.25) is 0 Å². The highest BCUT2D eigenvalue weighted by atomic mass is 32.2. The summed E-state index contributed by atoms with van der Waals surface area (Å²) in [6.45, 7) is 7.89. The zero-order chi connectivity index (χ0) is 22.9. The van der Waals surface area contributed by atoms with Gasteiger partial charge in [0, 0.05) is 24.4 Å². The molecule has 0 aromatic heterocycles. The molecule has 4 aliphatic rings. The molecule has 3 aliphatic heterocycles. The predicted octanol–water partition coefficient (Wildman–Crippen LogP) is 2.15. The van der Waals surface area contributed by atoms with E-state index in [1.165, 1.54) is 12.5 Å². The maximum absolute atomic E-state index is 14.1. The SMILES string of the molecule is C=CCOC(=O)[C@@H]1[C@H]2C(=O)N(CCO)C(C(=O)N(CC=C)C3CCCCC3)C23CC[C@H]1S3. The van der Waals surface area contributed by atoms with E-state index in [9.17, 15) is 19.5 Å². The molecule has 7 nitrogen and oxygen atoms in total. The summed E-state index contributed by atoms with van der Waals surface area (Å²) in [4.78, 5) is 44.1. The van der Waals surface area contributed by atoms with Crippen LogP contribution in [0.5, 0.6) is 0 Å². The first-order valence-electron chi connectivity index (χ1n) is 11.8. The van der Waals surface area contributed by atoms with Gasteiger partial charge in [-0.15, -0.1) is 18.3 Å². The van der Waals surface area contributed by atoms with E-state index in [0.717, 1.165) is 38.5 Å². The third kappa shape index (κ3) is 3.69. The molecule has 2 bridgehead atoms. The van der Waals surface area contributed by atoms with Gasteiger partial charge >= 0.3 is 5.97 Å². The summed E-state index contributed by atoms with van der Waals surface area (Å²) in [5.74, 6) is -1.78. The molecule has 2 unspecified atom stereocenters. The Balaban J connectivity index is 1.68. The van der Waals surface area contributed by atoms with Gasteiger partial charge in [0.05, 0.1) is 23.2 Å². The van der Waals surface area contributed by atoms with Gasteiger partial charge < -0.3 is 19.6 Å². The van der Waals surface area contributed by atoms with Gasteiger partial charge in [-0.1, -0.05) is 38.0 Å². The van der Waals surface area contributed by atoms with Crippen molar-refractivity contribution in [3.63, 3.8) is 0 Å². The molecule has 0 aromatic rings. The third-order valence-corrected chi connectivity index (χ3v) is 9.57. The number of hydrogen-bond donors (Lipinski definition) is 1. The van der Waals surface area contributed by atoms with Crippen molar-refractivity contribution in [3.05, 3.63) is 25.3 Å². The zero-order valence-electron chi connectivity index (χ0n) is 18.6. The standard InChI is InChI=1S/C24H34N2O5S/c1-3-12-25(16-8-6-5-7-9-16)22(29)20-24-11-10-17(32-24)18(23(30)31-15-4-2)19(24)21(28)26(20)13-14-27/h3-4,16-20,27H,1-2,5-15H2/t17-,18+,19+,20?,24?/m1/s1. The molecule has 1 saturated carbocycles. The number of β-amino-alcohol motifs (C(OH)–C–C–N with tert-alkyl or cyclic N) is 1. The first kappa shape index (κ1) is 23.4. The van der Waals surface area contributed by atoms with Gasteiger partial charge in [-0.3, -0.25) is 14.4 Å². The largest absolute Gasteiger partial charge is 0.461 e. The first-order valence-corrected chi connectivity index (χ1v) is 12.7. The summed E-state index contributed by atoms with van der Waals surface area (Å²) in [5.41, 5.74) is 0. The first-order chi connectivity index (χ1) is 15.5. The van der Waals surface area contributed by atoms with Crippen LogP contribution in [0.3, 0.4) is 0 Å². The number of hydrogen-bond acceptors (Lipinski definition) is 6. The molecule has 4 fully saturated rings. The van der Waals surface area contributed by atoms with E-state index in [2.05, 4.69) is 13.2 Å². The summed E-state index contributed by atoms with van der Waals surface area (Å²) in [7, 11) is 0. The Hall–Kier alpha value is -1.80. The molecule has 4 rings (SSSR count). The van der Waals surface area contributed by atoms with Crippen LogP contribution in [0.25, 0.3) is 0 Å². The quantitative estimate of drug-likeness (QED) is 0.417. The van der Waals surface area contributed by atoms with Crippen molar-refractivity contribution >= 4 is 29.5 Å². The van der Waals surface area contributed by atoms with Crippen molar-refractivity contribution in [3.8, 4) is 0 Å². The minimum absolute atomic E-state index is 0.0182. The fourth-order valence-corrected chi connectivity index (χ4v) is 8.59. The Labute approximate surface area is 194 Å². The number of amides is 2. The van der Waals surface area contributed by atoms with Crippen LogP contribution < -0.4 is 0 Å². The summed E-state index contributed by atoms with van der Waals surface area (Å²) in [6.07, 6.45) is 10.1. The van der Waals surface area contributed by atoms with Crippen LogP contribution in [-0.2, 0) is 19.1 Å². The Morgan fingerprint density at radius 2 is 1.97 bits per heavy atom. The lowest BCUT2D eigenvalue weighted by Gasteiger charge is -2.41. The molecule has 8 heteroatoms. The van der Waals surface area contributed by atoms with Crippen molar-refractivity contribution in [2.24, 2.45) is 11.8 Å². The number of aliphatic hydroxyl groups excluding tert-OH is 1. The average molecular weight is 463 g/mol. The highest BCUT2D eigenvalue weighted by Crippen LogP contribution is 2.66. The number of nitrogens with zero attached hydrogens (tertiary/aromatic N) is 2. The van der Waals surface area contributed by atoms with Gasteiger partial charge in [0.25, 0.3) is 0 Å². The number of rotatable bonds is 9. The highest BCUT2D eigenvalue weighted by Gasteiger charge is 2.74. The molecule has 32 heavy (non-hydrogen) atoms. The van der Waals surface area contributed by atoms with E-state index in [0.29, 0.717) is 6.54 Å². The minimum Gasteiger partial charge on any atom is -0.461 e. The third-order valence-electron chi connectivity index (χ3n) is 7.61. The number of thioether (sulfide) groups is 1. The molecule has 176 valence electrons. The monoisotopic (exact) mass is 462 g/mol. The van der Waals surface area contributed by atoms with Crippen LogP contribution in [-0.4, -0.2) is 81.1 Å².